The second kappa shape index (κ2) is 12.1. The summed E-state index contributed by atoms with van der Waals surface area (Å²) >= 11 is 6.12. The van der Waals surface area contributed by atoms with E-state index < -0.39 is 17.4 Å². The zero-order chi connectivity index (χ0) is 26.3. The number of anilines is 1. The number of carbonyl (C=O) groups is 2. The number of benzene rings is 2. The maximum absolute atomic E-state index is 12.7. The fourth-order valence-electron chi connectivity index (χ4n) is 4.78. The number of nitrogens with one attached hydrogen (secondary N) is 1. The zero-order valence-corrected chi connectivity index (χ0v) is 22.2. The first-order valence-corrected chi connectivity index (χ1v) is 12.3. The van der Waals surface area contributed by atoms with Crippen molar-refractivity contribution < 1.29 is 23.8 Å². The lowest BCUT2D eigenvalue weighted by Crippen LogP contribution is -2.39. The molecule has 1 aliphatic carbocycles. The molecule has 1 saturated carbocycles. The summed E-state index contributed by atoms with van der Waals surface area (Å²) in [5, 5.41) is 4.27. The molecule has 0 saturated heterocycles. The number of hydrogen-bond donors (Lipinski definition) is 1. The van der Waals surface area contributed by atoms with Crippen molar-refractivity contribution in [2.24, 2.45) is 11.3 Å². The minimum atomic E-state index is -1.32. The molecule has 0 spiro atoms. The van der Waals surface area contributed by atoms with E-state index in [0.717, 1.165) is 28.1 Å². The molecule has 0 amide bonds. The summed E-state index contributed by atoms with van der Waals surface area (Å²) in [5.41, 5.74) is 2.89. The standard InChI is InChI=1S/C29H34ClNO5/c1-19(2)25-18-29(27(32)35-4,28(33)36-5)17-21(25)7-6-8-26(20-9-11-22(30)12-10-20)31-23-13-15-24(34-3)16-14-23/h6-7,9-16,21,26,31H,8,17-18H2,1-5H3/b7-6+/t21-,26-/m0/s1. The molecule has 2 aromatic carbocycles. The van der Waals surface area contributed by atoms with E-state index in [0.29, 0.717) is 24.3 Å². The first kappa shape index (κ1) is 27.3. The van der Waals surface area contributed by atoms with Gasteiger partial charge in [-0.2, -0.15) is 0 Å². The summed E-state index contributed by atoms with van der Waals surface area (Å²) < 4.78 is 15.3. The molecule has 1 aliphatic rings. The van der Waals surface area contributed by atoms with Gasteiger partial charge in [-0.1, -0.05) is 47.0 Å². The molecule has 0 heterocycles. The van der Waals surface area contributed by atoms with E-state index in [4.69, 9.17) is 25.8 Å². The average molecular weight is 512 g/mol. The summed E-state index contributed by atoms with van der Waals surface area (Å²) in [6.07, 6.45) is 5.50. The molecule has 1 fully saturated rings. The van der Waals surface area contributed by atoms with Gasteiger partial charge < -0.3 is 19.5 Å². The molecule has 2 aromatic rings. The fourth-order valence-corrected chi connectivity index (χ4v) is 4.91. The van der Waals surface area contributed by atoms with E-state index in [1.165, 1.54) is 14.2 Å². The summed E-state index contributed by atoms with van der Waals surface area (Å²) in [5.74, 6) is -0.382. The molecule has 6 nitrogen and oxygen atoms in total. The third-order valence-corrected chi connectivity index (χ3v) is 7.00. The number of esters is 2. The fraction of sp³-hybridized carbons (Fsp3) is 0.379. The number of allylic oxidation sites excluding steroid dienone is 3. The normalized spacial score (nSPS) is 17.5. The van der Waals surface area contributed by atoms with Gasteiger partial charge >= 0.3 is 11.9 Å². The van der Waals surface area contributed by atoms with Gasteiger partial charge in [0.15, 0.2) is 5.41 Å². The molecule has 0 aromatic heterocycles. The van der Waals surface area contributed by atoms with Gasteiger partial charge in [0.2, 0.25) is 0 Å². The van der Waals surface area contributed by atoms with Crippen LogP contribution in [-0.2, 0) is 19.1 Å². The first-order chi connectivity index (χ1) is 17.2. The number of halogens is 1. The van der Waals surface area contributed by atoms with Crippen molar-refractivity contribution in [3.63, 3.8) is 0 Å². The highest BCUT2D eigenvalue weighted by Crippen LogP contribution is 2.49. The number of carbonyl (C=O) groups excluding carboxylic acids is 2. The Hall–Kier alpha value is -3.25. The molecule has 1 N–H and O–H groups in total. The lowest BCUT2D eigenvalue weighted by molar-refractivity contribution is -0.168. The van der Waals surface area contributed by atoms with Crippen LogP contribution in [0.15, 0.2) is 71.8 Å². The Kier molecular flexibility index (Phi) is 9.21. The summed E-state index contributed by atoms with van der Waals surface area (Å²) in [6.45, 7) is 4.01. The minimum Gasteiger partial charge on any atom is -0.497 e. The lowest BCUT2D eigenvalue weighted by Gasteiger charge is -2.22. The Bertz CT molecular complexity index is 1100. The van der Waals surface area contributed by atoms with Crippen molar-refractivity contribution in [3.05, 3.63) is 82.4 Å². The Morgan fingerprint density at radius 1 is 1.03 bits per heavy atom. The summed E-state index contributed by atoms with van der Waals surface area (Å²) in [6, 6.07) is 15.5. The molecular formula is C29H34ClNO5. The first-order valence-electron chi connectivity index (χ1n) is 11.9. The van der Waals surface area contributed by atoms with Crippen LogP contribution in [-0.4, -0.2) is 33.3 Å². The number of rotatable bonds is 9. The Morgan fingerprint density at radius 3 is 2.17 bits per heavy atom. The highest BCUT2D eigenvalue weighted by Gasteiger charge is 2.55. The number of ether oxygens (including phenoxy) is 3. The van der Waals surface area contributed by atoms with E-state index in [2.05, 4.69) is 17.5 Å². The summed E-state index contributed by atoms with van der Waals surface area (Å²) in [4.78, 5) is 25.4. The maximum Gasteiger partial charge on any atom is 0.323 e. The van der Waals surface area contributed by atoms with Gasteiger partial charge in [-0.15, -0.1) is 0 Å². The van der Waals surface area contributed by atoms with Crippen LogP contribution in [0.25, 0.3) is 0 Å². The third-order valence-electron chi connectivity index (χ3n) is 6.75. The molecular weight excluding hydrogens is 478 g/mol. The maximum atomic E-state index is 12.7. The second-order valence-electron chi connectivity index (χ2n) is 9.22. The lowest BCUT2D eigenvalue weighted by atomic mass is 9.85. The summed E-state index contributed by atoms with van der Waals surface area (Å²) in [7, 11) is 4.25. The van der Waals surface area contributed by atoms with E-state index in [1.807, 2.05) is 62.4 Å². The van der Waals surface area contributed by atoms with E-state index in [-0.39, 0.29) is 12.0 Å². The molecule has 0 unspecified atom stereocenters. The zero-order valence-electron chi connectivity index (χ0n) is 21.5. The Labute approximate surface area is 218 Å². The molecule has 3 rings (SSSR count). The van der Waals surface area contributed by atoms with Crippen molar-refractivity contribution >= 4 is 29.2 Å². The van der Waals surface area contributed by atoms with Crippen molar-refractivity contribution in [3.8, 4) is 5.75 Å². The average Bonchev–Trinajstić information content (AvgIpc) is 3.29. The Balaban J connectivity index is 1.85. The SMILES string of the molecule is COC(=O)C1(C(=O)OC)CC(=C(C)C)[C@@H](/C=C/C[C@H](Nc2ccc(OC)cc2)c2ccc(Cl)cc2)C1. The van der Waals surface area contributed by atoms with Crippen LogP contribution in [0, 0.1) is 11.3 Å². The van der Waals surface area contributed by atoms with Crippen LogP contribution in [0.1, 0.15) is 44.7 Å². The molecule has 192 valence electrons. The number of methoxy groups -OCH3 is 3. The van der Waals surface area contributed by atoms with Gasteiger partial charge in [0.25, 0.3) is 0 Å². The molecule has 0 aliphatic heterocycles. The van der Waals surface area contributed by atoms with E-state index >= 15 is 0 Å². The van der Waals surface area contributed by atoms with Crippen LogP contribution < -0.4 is 10.1 Å². The monoisotopic (exact) mass is 511 g/mol. The van der Waals surface area contributed by atoms with Crippen LogP contribution in [0.3, 0.4) is 0 Å². The van der Waals surface area contributed by atoms with Gasteiger partial charge in [0.1, 0.15) is 5.75 Å². The van der Waals surface area contributed by atoms with E-state index in [9.17, 15) is 9.59 Å². The highest BCUT2D eigenvalue weighted by atomic mass is 35.5. The van der Waals surface area contributed by atoms with Crippen LogP contribution in [0.4, 0.5) is 5.69 Å². The van der Waals surface area contributed by atoms with E-state index in [1.54, 1.807) is 7.11 Å². The second-order valence-corrected chi connectivity index (χ2v) is 9.66. The smallest absolute Gasteiger partial charge is 0.323 e. The van der Waals surface area contributed by atoms with Crippen molar-refractivity contribution in [1.82, 2.24) is 0 Å². The highest BCUT2D eigenvalue weighted by molar-refractivity contribution is 6.30. The van der Waals surface area contributed by atoms with Crippen molar-refractivity contribution in [2.45, 2.75) is 39.2 Å². The number of hydrogen-bond acceptors (Lipinski definition) is 6. The molecule has 2 atom stereocenters. The van der Waals surface area contributed by atoms with Crippen LogP contribution in [0.2, 0.25) is 5.02 Å². The molecule has 0 radical (unpaired) electrons. The van der Waals surface area contributed by atoms with Gasteiger partial charge in [-0.3, -0.25) is 9.59 Å². The molecule has 0 bridgehead atoms. The van der Waals surface area contributed by atoms with Crippen LogP contribution in [0.5, 0.6) is 5.75 Å². The third kappa shape index (κ3) is 6.11. The Morgan fingerprint density at radius 2 is 1.64 bits per heavy atom. The molecule has 7 heteroatoms. The van der Waals surface area contributed by atoms with Crippen molar-refractivity contribution in [2.75, 3.05) is 26.6 Å². The topological polar surface area (TPSA) is 73.9 Å². The van der Waals surface area contributed by atoms with Crippen molar-refractivity contribution in [1.29, 1.82) is 0 Å². The van der Waals surface area contributed by atoms with Gasteiger partial charge in [-0.25, -0.2) is 0 Å². The largest absolute Gasteiger partial charge is 0.497 e. The predicted molar refractivity (Wildman–Crippen MR) is 142 cm³/mol. The van der Waals surface area contributed by atoms with Gasteiger partial charge in [0, 0.05) is 10.7 Å². The quantitative estimate of drug-likeness (QED) is 0.234. The van der Waals surface area contributed by atoms with Crippen LogP contribution >= 0.6 is 11.6 Å². The van der Waals surface area contributed by atoms with Gasteiger partial charge in [0.05, 0.1) is 27.4 Å². The molecule has 36 heavy (non-hydrogen) atoms. The predicted octanol–water partition coefficient (Wildman–Crippen LogP) is 6.53. The minimum absolute atomic E-state index is 0.0190. The van der Waals surface area contributed by atoms with Gasteiger partial charge in [-0.05, 0) is 81.0 Å².